The van der Waals surface area contributed by atoms with Gasteiger partial charge in [-0.2, -0.15) is 0 Å². The minimum absolute atomic E-state index is 0.434. The first-order valence-corrected chi connectivity index (χ1v) is 9.84. The molecule has 6 heteroatoms. The molecule has 0 spiro atoms. The van der Waals surface area contributed by atoms with Crippen LogP contribution in [0.3, 0.4) is 0 Å². The van der Waals surface area contributed by atoms with E-state index in [9.17, 15) is 0 Å². The Morgan fingerprint density at radius 1 is 1.08 bits per heavy atom. The van der Waals surface area contributed by atoms with Crippen LogP contribution in [-0.4, -0.2) is 56.2 Å². The van der Waals surface area contributed by atoms with E-state index in [2.05, 4.69) is 52.9 Å². The first-order valence-electron chi connectivity index (χ1n) is 9.84. The Kier molecular flexibility index (Phi) is 8.23. The van der Waals surface area contributed by atoms with Gasteiger partial charge in [0.25, 0.3) is 0 Å². The van der Waals surface area contributed by atoms with Gasteiger partial charge in [-0.05, 0) is 43.1 Å². The van der Waals surface area contributed by atoms with Gasteiger partial charge in [-0.1, -0.05) is 43.9 Å². The highest BCUT2D eigenvalue weighted by molar-refractivity contribution is 5.32. The van der Waals surface area contributed by atoms with Crippen molar-refractivity contribution < 1.29 is 4.74 Å². The minimum atomic E-state index is -0.434. The van der Waals surface area contributed by atoms with Gasteiger partial charge in [0.15, 0.2) is 0 Å². The lowest BCUT2D eigenvalue weighted by Gasteiger charge is -2.32. The van der Waals surface area contributed by atoms with Crippen LogP contribution in [0.5, 0.6) is 5.75 Å². The SMILES string of the molecule is CCCC(CCC)(N=[N+]=[N-])c1ccc(OCCN2CCN(C)CC2)cc1. The number of piperazine rings is 1. The molecule has 0 N–H and O–H groups in total. The summed E-state index contributed by atoms with van der Waals surface area (Å²) < 4.78 is 5.92. The maximum absolute atomic E-state index is 9.05. The molecule has 26 heavy (non-hydrogen) atoms. The predicted molar refractivity (Wildman–Crippen MR) is 107 cm³/mol. The van der Waals surface area contributed by atoms with Crippen LogP contribution in [0.2, 0.25) is 0 Å². The van der Waals surface area contributed by atoms with Gasteiger partial charge in [0, 0.05) is 37.6 Å². The average Bonchev–Trinajstić information content (AvgIpc) is 2.64. The fourth-order valence-corrected chi connectivity index (χ4v) is 3.71. The van der Waals surface area contributed by atoms with Crippen molar-refractivity contribution in [2.45, 2.75) is 45.1 Å². The van der Waals surface area contributed by atoms with E-state index in [4.69, 9.17) is 10.3 Å². The summed E-state index contributed by atoms with van der Waals surface area (Å²) in [5, 5.41) is 4.19. The summed E-state index contributed by atoms with van der Waals surface area (Å²) in [6.45, 7) is 10.4. The molecule has 144 valence electrons. The Hall–Kier alpha value is -1.75. The van der Waals surface area contributed by atoms with Gasteiger partial charge in [0.1, 0.15) is 12.4 Å². The van der Waals surface area contributed by atoms with Gasteiger partial charge in [0.05, 0.1) is 5.54 Å². The Morgan fingerprint density at radius 2 is 1.69 bits per heavy atom. The second-order valence-corrected chi connectivity index (χ2v) is 7.24. The standard InChI is InChI=1S/C20H33N5O/c1-4-10-20(11-5-2,22-23-21)18-6-8-19(9-7-18)26-17-16-25-14-12-24(3)13-15-25/h6-9H,4-5,10-17H2,1-3H3. The molecule has 2 rings (SSSR count). The number of nitrogens with zero attached hydrogens (tertiary/aromatic N) is 5. The first-order chi connectivity index (χ1) is 12.6. The van der Waals surface area contributed by atoms with E-state index in [1.165, 1.54) is 0 Å². The van der Waals surface area contributed by atoms with Gasteiger partial charge in [-0.3, -0.25) is 4.90 Å². The molecule has 6 nitrogen and oxygen atoms in total. The van der Waals surface area contributed by atoms with Crippen LogP contribution >= 0.6 is 0 Å². The van der Waals surface area contributed by atoms with Crippen molar-refractivity contribution in [2.75, 3.05) is 46.4 Å². The number of hydrogen-bond acceptors (Lipinski definition) is 4. The van der Waals surface area contributed by atoms with Gasteiger partial charge in [-0.25, -0.2) is 0 Å². The molecule has 1 saturated heterocycles. The van der Waals surface area contributed by atoms with Crippen molar-refractivity contribution in [1.82, 2.24) is 9.80 Å². The van der Waals surface area contributed by atoms with Crippen molar-refractivity contribution >= 4 is 0 Å². The van der Waals surface area contributed by atoms with Gasteiger partial charge in [-0.15, -0.1) is 0 Å². The molecular formula is C20H33N5O. The Labute approximate surface area is 157 Å². The fourth-order valence-electron chi connectivity index (χ4n) is 3.71. The normalized spacial score (nSPS) is 16.3. The van der Waals surface area contributed by atoms with Crippen LogP contribution in [0.25, 0.3) is 10.4 Å². The molecule has 0 atom stereocenters. The van der Waals surface area contributed by atoms with E-state index in [1.807, 2.05) is 12.1 Å². The van der Waals surface area contributed by atoms with Crippen LogP contribution in [-0.2, 0) is 5.54 Å². The molecule has 0 aliphatic carbocycles. The zero-order valence-electron chi connectivity index (χ0n) is 16.5. The predicted octanol–water partition coefficient (Wildman–Crippen LogP) is 4.42. The second-order valence-electron chi connectivity index (χ2n) is 7.24. The monoisotopic (exact) mass is 359 g/mol. The third-order valence-corrected chi connectivity index (χ3v) is 5.23. The molecule has 0 bridgehead atoms. The molecule has 1 fully saturated rings. The summed E-state index contributed by atoms with van der Waals surface area (Å²) in [7, 11) is 2.17. The summed E-state index contributed by atoms with van der Waals surface area (Å²) in [6.07, 6.45) is 3.72. The average molecular weight is 360 g/mol. The summed E-state index contributed by atoms with van der Waals surface area (Å²) >= 11 is 0. The highest BCUT2D eigenvalue weighted by Crippen LogP contribution is 2.36. The smallest absolute Gasteiger partial charge is 0.119 e. The van der Waals surface area contributed by atoms with E-state index < -0.39 is 5.54 Å². The molecule has 1 aliphatic heterocycles. The lowest BCUT2D eigenvalue weighted by atomic mass is 9.82. The Balaban J connectivity index is 1.94. The van der Waals surface area contributed by atoms with Crippen molar-refractivity contribution in [3.63, 3.8) is 0 Å². The Morgan fingerprint density at radius 3 is 2.23 bits per heavy atom. The zero-order valence-corrected chi connectivity index (χ0v) is 16.5. The number of rotatable bonds is 10. The van der Waals surface area contributed by atoms with Crippen molar-refractivity contribution in [2.24, 2.45) is 5.11 Å². The quantitative estimate of drug-likeness (QED) is 0.353. The molecule has 1 aliphatic rings. The highest BCUT2D eigenvalue weighted by atomic mass is 16.5. The maximum atomic E-state index is 9.05. The first kappa shape index (κ1) is 20.6. The molecule has 0 amide bonds. The molecule has 0 unspecified atom stereocenters. The van der Waals surface area contributed by atoms with E-state index in [-0.39, 0.29) is 0 Å². The fraction of sp³-hybridized carbons (Fsp3) is 0.700. The van der Waals surface area contributed by atoms with Gasteiger partial charge in [0.2, 0.25) is 0 Å². The summed E-state index contributed by atoms with van der Waals surface area (Å²) in [5.41, 5.74) is 9.71. The van der Waals surface area contributed by atoms with E-state index in [0.29, 0.717) is 6.61 Å². The lowest BCUT2D eigenvalue weighted by molar-refractivity contribution is 0.133. The van der Waals surface area contributed by atoms with Crippen molar-refractivity contribution in [3.05, 3.63) is 40.3 Å². The minimum Gasteiger partial charge on any atom is -0.492 e. The lowest BCUT2D eigenvalue weighted by Crippen LogP contribution is -2.45. The van der Waals surface area contributed by atoms with Crippen LogP contribution in [0.15, 0.2) is 29.4 Å². The molecule has 0 saturated carbocycles. The largest absolute Gasteiger partial charge is 0.492 e. The Bertz CT molecular complexity index is 568. The van der Waals surface area contributed by atoms with Crippen molar-refractivity contribution in [3.8, 4) is 5.75 Å². The van der Waals surface area contributed by atoms with E-state index in [0.717, 1.165) is 69.7 Å². The second kappa shape index (κ2) is 10.4. The molecule has 1 aromatic carbocycles. The van der Waals surface area contributed by atoms with Gasteiger partial charge < -0.3 is 9.64 Å². The van der Waals surface area contributed by atoms with Crippen LogP contribution in [0, 0.1) is 0 Å². The van der Waals surface area contributed by atoms with Crippen molar-refractivity contribution in [1.29, 1.82) is 0 Å². The third kappa shape index (κ3) is 5.63. The summed E-state index contributed by atoms with van der Waals surface area (Å²) in [4.78, 5) is 7.94. The number of azide groups is 1. The molecule has 0 aromatic heterocycles. The topological polar surface area (TPSA) is 64.5 Å². The zero-order chi connectivity index (χ0) is 18.8. The number of likely N-dealkylation sites (N-methyl/N-ethyl adjacent to an activating group) is 1. The van der Waals surface area contributed by atoms with E-state index >= 15 is 0 Å². The number of ether oxygens (including phenoxy) is 1. The summed E-state index contributed by atoms with van der Waals surface area (Å²) in [5.74, 6) is 0.880. The third-order valence-electron chi connectivity index (χ3n) is 5.23. The molecule has 1 aromatic rings. The number of benzene rings is 1. The van der Waals surface area contributed by atoms with Crippen LogP contribution < -0.4 is 4.74 Å². The molecule has 0 radical (unpaired) electrons. The number of hydrogen-bond donors (Lipinski definition) is 0. The van der Waals surface area contributed by atoms with Crippen LogP contribution in [0.4, 0.5) is 0 Å². The highest BCUT2D eigenvalue weighted by Gasteiger charge is 2.29. The van der Waals surface area contributed by atoms with E-state index in [1.54, 1.807) is 0 Å². The van der Waals surface area contributed by atoms with Crippen LogP contribution in [0.1, 0.15) is 45.1 Å². The van der Waals surface area contributed by atoms with Gasteiger partial charge >= 0.3 is 0 Å². The molecular weight excluding hydrogens is 326 g/mol. The molecule has 1 heterocycles. The maximum Gasteiger partial charge on any atom is 0.119 e. The summed E-state index contributed by atoms with van der Waals surface area (Å²) in [6, 6.07) is 8.13.